The number of aryl methyl sites for hydroxylation is 1. The second kappa shape index (κ2) is 8.47. The Kier molecular flexibility index (Phi) is 6.07. The van der Waals surface area contributed by atoms with E-state index in [9.17, 15) is 0 Å². The van der Waals surface area contributed by atoms with Gasteiger partial charge in [-0.15, -0.1) is 11.3 Å². The van der Waals surface area contributed by atoms with Crippen molar-refractivity contribution in [2.24, 2.45) is 0 Å². The minimum Gasteiger partial charge on any atom is -0.493 e. The third-order valence-corrected chi connectivity index (χ3v) is 5.79. The molecular formula is C19H22N2O2S2. The molecule has 4 nitrogen and oxygen atoms in total. The van der Waals surface area contributed by atoms with Crippen molar-refractivity contribution in [1.82, 2.24) is 10.3 Å². The molecule has 0 saturated carbocycles. The van der Waals surface area contributed by atoms with E-state index in [4.69, 9.17) is 9.47 Å². The van der Waals surface area contributed by atoms with E-state index in [1.54, 1.807) is 36.9 Å². The standard InChI is InChI=1S/C19H22N2O2S2/c1-13-11-25-19(21-13)16(9-14-7-8-24-12-14)20-10-15-5-4-6-17(22-2)18(15)23-3/h4-8,11-12,16,20H,9-10H2,1-3H3/t16-/m0/s1. The lowest BCUT2D eigenvalue weighted by atomic mass is 10.1. The number of nitrogens with zero attached hydrogens (tertiary/aromatic N) is 1. The largest absolute Gasteiger partial charge is 0.493 e. The topological polar surface area (TPSA) is 43.4 Å². The van der Waals surface area contributed by atoms with Crippen molar-refractivity contribution in [2.75, 3.05) is 14.2 Å². The Labute approximate surface area is 156 Å². The predicted octanol–water partition coefficient (Wildman–Crippen LogP) is 4.60. The lowest BCUT2D eigenvalue weighted by molar-refractivity contribution is 0.349. The van der Waals surface area contributed by atoms with Crippen LogP contribution in [-0.4, -0.2) is 19.2 Å². The van der Waals surface area contributed by atoms with Gasteiger partial charge in [-0.25, -0.2) is 4.98 Å². The maximum absolute atomic E-state index is 5.54. The molecular weight excluding hydrogens is 352 g/mol. The zero-order valence-corrected chi connectivity index (χ0v) is 16.2. The number of ether oxygens (including phenoxy) is 2. The van der Waals surface area contributed by atoms with E-state index >= 15 is 0 Å². The average Bonchev–Trinajstić information content (AvgIpc) is 3.29. The molecule has 0 aliphatic carbocycles. The van der Waals surface area contributed by atoms with Gasteiger partial charge < -0.3 is 14.8 Å². The molecule has 0 unspecified atom stereocenters. The molecule has 2 heterocycles. The Morgan fingerprint density at radius 3 is 2.68 bits per heavy atom. The summed E-state index contributed by atoms with van der Waals surface area (Å²) in [5, 5.41) is 11.2. The van der Waals surface area contributed by atoms with Gasteiger partial charge in [0.1, 0.15) is 5.01 Å². The summed E-state index contributed by atoms with van der Waals surface area (Å²) in [7, 11) is 3.33. The number of benzene rings is 1. The Morgan fingerprint density at radius 2 is 2.04 bits per heavy atom. The van der Waals surface area contributed by atoms with Crippen molar-refractivity contribution in [2.45, 2.75) is 25.9 Å². The highest BCUT2D eigenvalue weighted by atomic mass is 32.1. The van der Waals surface area contributed by atoms with E-state index in [1.807, 2.05) is 19.1 Å². The first-order valence-electron chi connectivity index (χ1n) is 8.07. The van der Waals surface area contributed by atoms with Crippen molar-refractivity contribution >= 4 is 22.7 Å². The number of nitrogens with one attached hydrogen (secondary N) is 1. The van der Waals surface area contributed by atoms with Crippen LogP contribution in [0, 0.1) is 6.92 Å². The summed E-state index contributed by atoms with van der Waals surface area (Å²) >= 11 is 3.43. The van der Waals surface area contributed by atoms with Crippen LogP contribution in [0.3, 0.4) is 0 Å². The summed E-state index contributed by atoms with van der Waals surface area (Å²) in [5.74, 6) is 1.53. The van der Waals surface area contributed by atoms with E-state index in [1.165, 1.54) is 5.56 Å². The molecule has 0 saturated heterocycles. The fraction of sp³-hybridized carbons (Fsp3) is 0.316. The van der Waals surface area contributed by atoms with Crippen molar-refractivity contribution in [3.63, 3.8) is 0 Å². The summed E-state index contributed by atoms with van der Waals surface area (Å²) in [6.45, 7) is 2.72. The Hall–Kier alpha value is -1.89. The first-order valence-corrected chi connectivity index (χ1v) is 9.90. The Morgan fingerprint density at radius 1 is 1.16 bits per heavy atom. The predicted molar refractivity (Wildman–Crippen MR) is 104 cm³/mol. The fourth-order valence-corrected chi connectivity index (χ4v) is 4.30. The maximum Gasteiger partial charge on any atom is 0.165 e. The van der Waals surface area contributed by atoms with Gasteiger partial charge in [-0.2, -0.15) is 11.3 Å². The van der Waals surface area contributed by atoms with Crippen LogP contribution in [-0.2, 0) is 13.0 Å². The van der Waals surface area contributed by atoms with Crippen LogP contribution in [0.4, 0.5) is 0 Å². The lowest BCUT2D eigenvalue weighted by Gasteiger charge is -2.18. The van der Waals surface area contributed by atoms with Gasteiger partial charge in [0, 0.05) is 23.2 Å². The highest BCUT2D eigenvalue weighted by Gasteiger charge is 2.17. The van der Waals surface area contributed by atoms with Crippen molar-refractivity contribution < 1.29 is 9.47 Å². The van der Waals surface area contributed by atoms with Gasteiger partial charge in [0.15, 0.2) is 11.5 Å². The smallest absolute Gasteiger partial charge is 0.165 e. The molecule has 0 bridgehead atoms. The van der Waals surface area contributed by atoms with Crippen molar-refractivity contribution in [3.05, 3.63) is 62.2 Å². The van der Waals surface area contributed by atoms with E-state index < -0.39 is 0 Å². The van der Waals surface area contributed by atoms with Crippen molar-refractivity contribution in [3.8, 4) is 11.5 Å². The zero-order chi connectivity index (χ0) is 17.6. The molecule has 0 fully saturated rings. The number of aromatic nitrogens is 1. The van der Waals surface area contributed by atoms with Gasteiger partial charge in [-0.05, 0) is 41.8 Å². The number of rotatable bonds is 8. The second-order valence-corrected chi connectivity index (χ2v) is 7.42. The van der Waals surface area contributed by atoms with Gasteiger partial charge in [-0.1, -0.05) is 12.1 Å². The molecule has 3 rings (SSSR count). The van der Waals surface area contributed by atoms with Crippen LogP contribution in [0.1, 0.15) is 27.9 Å². The molecule has 0 spiro atoms. The molecule has 0 aliphatic rings. The molecule has 0 amide bonds. The number of hydrogen-bond acceptors (Lipinski definition) is 6. The average molecular weight is 375 g/mol. The third-order valence-electron chi connectivity index (χ3n) is 3.98. The molecule has 1 atom stereocenters. The Bertz CT molecular complexity index is 800. The molecule has 2 aromatic heterocycles. The van der Waals surface area contributed by atoms with E-state index in [0.29, 0.717) is 6.54 Å². The highest BCUT2D eigenvalue weighted by molar-refractivity contribution is 7.09. The number of para-hydroxylation sites is 1. The van der Waals surface area contributed by atoms with Crippen LogP contribution in [0.15, 0.2) is 40.4 Å². The monoisotopic (exact) mass is 374 g/mol. The lowest BCUT2D eigenvalue weighted by Crippen LogP contribution is -2.23. The first-order chi connectivity index (χ1) is 12.2. The molecule has 25 heavy (non-hydrogen) atoms. The molecule has 0 radical (unpaired) electrons. The maximum atomic E-state index is 5.54. The van der Waals surface area contributed by atoms with E-state index in [2.05, 4.69) is 38.6 Å². The van der Waals surface area contributed by atoms with E-state index in [-0.39, 0.29) is 6.04 Å². The zero-order valence-electron chi connectivity index (χ0n) is 14.6. The van der Waals surface area contributed by atoms with E-state index in [0.717, 1.165) is 34.2 Å². The minimum absolute atomic E-state index is 0.171. The third kappa shape index (κ3) is 4.39. The minimum atomic E-state index is 0.171. The molecule has 1 N–H and O–H groups in total. The Balaban J connectivity index is 1.79. The quantitative estimate of drug-likeness (QED) is 0.626. The summed E-state index contributed by atoms with van der Waals surface area (Å²) in [4.78, 5) is 4.68. The SMILES string of the molecule is COc1cccc(CN[C@@H](Cc2ccsc2)c2nc(C)cs2)c1OC. The van der Waals surface area contributed by atoms with Gasteiger partial charge in [0.25, 0.3) is 0 Å². The van der Waals surface area contributed by atoms with Crippen LogP contribution >= 0.6 is 22.7 Å². The number of methoxy groups -OCH3 is 2. The number of thiazole rings is 1. The summed E-state index contributed by atoms with van der Waals surface area (Å²) in [6, 6.07) is 8.30. The summed E-state index contributed by atoms with van der Waals surface area (Å²) in [6.07, 6.45) is 0.919. The fourth-order valence-electron chi connectivity index (χ4n) is 2.75. The molecule has 132 valence electrons. The second-order valence-electron chi connectivity index (χ2n) is 5.75. The van der Waals surface area contributed by atoms with Crippen molar-refractivity contribution in [1.29, 1.82) is 0 Å². The highest BCUT2D eigenvalue weighted by Crippen LogP contribution is 2.31. The molecule has 3 aromatic rings. The van der Waals surface area contributed by atoms with Crippen LogP contribution in [0.25, 0.3) is 0 Å². The van der Waals surface area contributed by atoms with Gasteiger partial charge in [0.2, 0.25) is 0 Å². The molecule has 6 heteroatoms. The summed E-state index contributed by atoms with van der Waals surface area (Å²) < 4.78 is 10.9. The van der Waals surface area contributed by atoms with Gasteiger partial charge in [0.05, 0.1) is 20.3 Å². The first kappa shape index (κ1) is 17.9. The van der Waals surface area contributed by atoms with Gasteiger partial charge in [-0.3, -0.25) is 0 Å². The number of thiophene rings is 1. The number of hydrogen-bond donors (Lipinski definition) is 1. The van der Waals surface area contributed by atoms with Crippen LogP contribution in [0.5, 0.6) is 11.5 Å². The van der Waals surface area contributed by atoms with Crippen LogP contribution in [0.2, 0.25) is 0 Å². The van der Waals surface area contributed by atoms with Crippen LogP contribution < -0.4 is 14.8 Å². The summed E-state index contributed by atoms with van der Waals surface area (Å²) in [5.41, 5.74) is 3.47. The molecule has 1 aromatic carbocycles. The normalized spacial score (nSPS) is 12.1. The molecule has 0 aliphatic heterocycles. The van der Waals surface area contributed by atoms with Gasteiger partial charge >= 0.3 is 0 Å².